The summed E-state index contributed by atoms with van der Waals surface area (Å²) in [5.74, 6) is -0.0684. The molecule has 90 valence electrons. The Hall–Kier alpha value is -0.510. The lowest BCUT2D eigenvalue weighted by atomic mass is 10.0. The molecular formula is C13H20O2S. The first-order chi connectivity index (χ1) is 7.69. The van der Waals surface area contributed by atoms with E-state index >= 15 is 0 Å². The molecule has 0 amide bonds. The fraction of sp³-hybridized carbons (Fsp3) is 0.538. The van der Waals surface area contributed by atoms with Crippen molar-refractivity contribution >= 4 is 11.8 Å². The van der Waals surface area contributed by atoms with Crippen LogP contribution in [0.3, 0.4) is 0 Å². The quantitative estimate of drug-likeness (QED) is 0.751. The largest absolute Gasteiger partial charge is 0.396 e. The van der Waals surface area contributed by atoms with E-state index in [1.165, 1.54) is 4.90 Å². The Kier molecular flexibility index (Phi) is 5.88. The summed E-state index contributed by atoms with van der Waals surface area (Å²) < 4.78 is 0. The highest BCUT2D eigenvalue weighted by Crippen LogP contribution is 2.29. The maximum Gasteiger partial charge on any atom is 0.0709 e. The van der Waals surface area contributed by atoms with Crippen molar-refractivity contribution in [2.24, 2.45) is 5.92 Å². The van der Waals surface area contributed by atoms with Crippen molar-refractivity contribution in [1.82, 2.24) is 0 Å². The summed E-state index contributed by atoms with van der Waals surface area (Å²) in [5.41, 5.74) is 0. The van der Waals surface area contributed by atoms with Gasteiger partial charge in [-0.1, -0.05) is 32.0 Å². The first-order valence-electron chi connectivity index (χ1n) is 5.69. The van der Waals surface area contributed by atoms with Gasteiger partial charge in [-0.05, 0) is 18.6 Å². The molecule has 0 aliphatic rings. The number of aliphatic hydroxyl groups is 2. The van der Waals surface area contributed by atoms with Crippen molar-refractivity contribution in [1.29, 1.82) is 0 Å². The van der Waals surface area contributed by atoms with E-state index in [9.17, 15) is 5.11 Å². The van der Waals surface area contributed by atoms with Gasteiger partial charge in [-0.2, -0.15) is 0 Å². The fourth-order valence-corrected chi connectivity index (χ4v) is 2.78. The van der Waals surface area contributed by atoms with Crippen LogP contribution in [0.25, 0.3) is 0 Å². The summed E-state index contributed by atoms with van der Waals surface area (Å²) >= 11 is 1.68. The third-order valence-corrected chi connectivity index (χ3v) is 4.14. The summed E-state index contributed by atoms with van der Waals surface area (Å²) in [5, 5.41) is 19.2. The average molecular weight is 240 g/mol. The maximum absolute atomic E-state index is 10.1. The van der Waals surface area contributed by atoms with E-state index < -0.39 is 6.10 Å². The maximum atomic E-state index is 10.1. The molecule has 0 aliphatic heterocycles. The average Bonchev–Trinajstić information content (AvgIpc) is 2.35. The lowest BCUT2D eigenvalue weighted by Gasteiger charge is -2.25. The second-order valence-corrected chi connectivity index (χ2v) is 5.34. The molecule has 3 heteroatoms. The van der Waals surface area contributed by atoms with E-state index in [1.54, 1.807) is 11.8 Å². The second-order valence-electron chi connectivity index (χ2n) is 4.03. The molecule has 3 atom stereocenters. The van der Waals surface area contributed by atoms with Crippen LogP contribution in [-0.4, -0.2) is 28.2 Å². The van der Waals surface area contributed by atoms with Crippen molar-refractivity contribution in [2.45, 2.75) is 36.5 Å². The highest BCUT2D eigenvalue weighted by Gasteiger charge is 2.23. The Morgan fingerprint density at radius 1 is 1.25 bits per heavy atom. The first-order valence-corrected chi connectivity index (χ1v) is 6.57. The molecule has 2 nitrogen and oxygen atoms in total. The van der Waals surface area contributed by atoms with Crippen LogP contribution in [0.2, 0.25) is 0 Å². The molecule has 1 aromatic rings. The van der Waals surface area contributed by atoms with Gasteiger partial charge in [0, 0.05) is 22.7 Å². The van der Waals surface area contributed by atoms with Crippen LogP contribution in [0.1, 0.15) is 20.3 Å². The molecule has 0 bridgehead atoms. The molecule has 1 rings (SSSR count). The molecule has 2 N–H and O–H groups in total. The van der Waals surface area contributed by atoms with Gasteiger partial charge in [-0.15, -0.1) is 11.8 Å². The molecule has 0 aromatic heterocycles. The van der Waals surface area contributed by atoms with Gasteiger partial charge in [0.25, 0.3) is 0 Å². The number of hydrogen-bond donors (Lipinski definition) is 2. The highest BCUT2D eigenvalue weighted by atomic mass is 32.2. The van der Waals surface area contributed by atoms with Gasteiger partial charge in [0.05, 0.1) is 6.10 Å². The van der Waals surface area contributed by atoms with Gasteiger partial charge >= 0.3 is 0 Å². The van der Waals surface area contributed by atoms with Crippen molar-refractivity contribution in [3.05, 3.63) is 30.3 Å². The zero-order valence-electron chi connectivity index (χ0n) is 9.84. The van der Waals surface area contributed by atoms with Crippen LogP contribution in [0, 0.1) is 5.92 Å². The Morgan fingerprint density at radius 3 is 2.38 bits per heavy atom. The van der Waals surface area contributed by atoms with E-state index in [1.807, 2.05) is 37.3 Å². The number of aliphatic hydroxyl groups excluding tert-OH is 2. The number of rotatable bonds is 6. The molecule has 0 radical (unpaired) electrons. The third-order valence-electron chi connectivity index (χ3n) is 2.68. The summed E-state index contributed by atoms with van der Waals surface area (Å²) in [4.78, 5) is 1.17. The molecule has 0 fully saturated rings. The smallest absolute Gasteiger partial charge is 0.0709 e. The summed E-state index contributed by atoms with van der Waals surface area (Å²) in [7, 11) is 0. The Labute approximate surface area is 102 Å². The van der Waals surface area contributed by atoms with Crippen molar-refractivity contribution in [2.75, 3.05) is 6.61 Å². The zero-order chi connectivity index (χ0) is 12.0. The van der Waals surface area contributed by atoms with E-state index in [0.29, 0.717) is 0 Å². The van der Waals surface area contributed by atoms with Gasteiger partial charge in [0.15, 0.2) is 0 Å². The fourth-order valence-electron chi connectivity index (χ4n) is 1.54. The zero-order valence-corrected chi connectivity index (χ0v) is 10.7. The minimum Gasteiger partial charge on any atom is -0.396 e. The number of hydrogen-bond acceptors (Lipinski definition) is 3. The Morgan fingerprint density at radius 2 is 1.88 bits per heavy atom. The number of thioether (sulfide) groups is 1. The Balaban J connectivity index is 2.62. The van der Waals surface area contributed by atoms with E-state index in [0.717, 1.165) is 6.42 Å². The van der Waals surface area contributed by atoms with Gasteiger partial charge in [-0.25, -0.2) is 0 Å². The van der Waals surface area contributed by atoms with Gasteiger partial charge < -0.3 is 10.2 Å². The summed E-state index contributed by atoms with van der Waals surface area (Å²) in [6.45, 7) is 3.97. The van der Waals surface area contributed by atoms with Crippen molar-refractivity contribution in [3.8, 4) is 0 Å². The molecule has 0 saturated heterocycles. The molecule has 0 heterocycles. The molecule has 0 aliphatic carbocycles. The predicted octanol–water partition coefficient (Wildman–Crippen LogP) is 2.55. The minimum atomic E-state index is -0.458. The van der Waals surface area contributed by atoms with Crippen LogP contribution in [0.15, 0.2) is 35.2 Å². The normalized spacial score (nSPS) is 16.8. The summed E-state index contributed by atoms with van der Waals surface area (Å²) in [6.07, 6.45) is 0.436. The van der Waals surface area contributed by atoms with Crippen LogP contribution >= 0.6 is 11.8 Å². The second kappa shape index (κ2) is 6.94. The van der Waals surface area contributed by atoms with Crippen LogP contribution < -0.4 is 0 Å². The topological polar surface area (TPSA) is 40.5 Å². The minimum absolute atomic E-state index is 0.0347. The Bertz CT molecular complexity index is 289. The van der Waals surface area contributed by atoms with Crippen molar-refractivity contribution < 1.29 is 10.2 Å². The van der Waals surface area contributed by atoms with E-state index in [-0.39, 0.29) is 17.8 Å². The molecule has 0 spiro atoms. The first kappa shape index (κ1) is 13.6. The van der Waals surface area contributed by atoms with Gasteiger partial charge in [0.2, 0.25) is 0 Å². The highest BCUT2D eigenvalue weighted by molar-refractivity contribution is 8.00. The summed E-state index contributed by atoms with van der Waals surface area (Å²) in [6, 6.07) is 10.1. The van der Waals surface area contributed by atoms with E-state index in [2.05, 4.69) is 6.92 Å². The van der Waals surface area contributed by atoms with Gasteiger partial charge in [0.1, 0.15) is 0 Å². The SMILES string of the molecule is CC[C@@H](Sc1ccccc1)[C@@H](O)[C@H](C)CO. The molecule has 0 unspecified atom stereocenters. The van der Waals surface area contributed by atoms with Crippen LogP contribution in [0.5, 0.6) is 0 Å². The standard InChI is InChI=1S/C13H20O2S/c1-3-12(13(15)10(2)9-14)16-11-7-5-4-6-8-11/h4-8,10,12-15H,3,9H2,1-2H3/t10-,12-,13+/m1/s1. The lowest BCUT2D eigenvalue weighted by Crippen LogP contribution is -2.31. The van der Waals surface area contributed by atoms with E-state index in [4.69, 9.17) is 5.11 Å². The predicted molar refractivity (Wildman–Crippen MR) is 68.6 cm³/mol. The third kappa shape index (κ3) is 3.81. The monoisotopic (exact) mass is 240 g/mol. The molecule has 16 heavy (non-hydrogen) atoms. The molecule has 0 saturated carbocycles. The number of benzene rings is 1. The van der Waals surface area contributed by atoms with Crippen molar-refractivity contribution in [3.63, 3.8) is 0 Å². The van der Waals surface area contributed by atoms with Crippen LogP contribution in [0.4, 0.5) is 0 Å². The molecule has 1 aromatic carbocycles. The van der Waals surface area contributed by atoms with Gasteiger partial charge in [-0.3, -0.25) is 0 Å². The molecular weight excluding hydrogens is 220 g/mol. The van der Waals surface area contributed by atoms with Crippen LogP contribution in [-0.2, 0) is 0 Å². The lowest BCUT2D eigenvalue weighted by molar-refractivity contribution is 0.0745.